The van der Waals surface area contributed by atoms with Crippen LogP contribution in [-0.4, -0.2) is 28.8 Å². The van der Waals surface area contributed by atoms with E-state index >= 15 is 0 Å². The molecule has 4 nitrogen and oxygen atoms in total. The first-order valence-corrected chi connectivity index (χ1v) is 5.25. The molecular weight excluding hydrogens is 262 g/mol. The van der Waals surface area contributed by atoms with Crippen LogP contribution in [-0.2, 0) is 0 Å². The topological polar surface area (TPSA) is 69.6 Å². The number of halogens is 1. The van der Waals surface area contributed by atoms with Crippen LogP contribution in [0.25, 0.3) is 0 Å². The van der Waals surface area contributed by atoms with Gasteiger partial charge in [-0.3, -0.25) is 4.79 Å². The van der Waals surface area contributed by atoms with Crippen LogP contribution in [0, 0.1) is 0 Å². The first kappa shape index (κ1) is 12.0. The molecule has 5 heteroatoms. The standard InChI is InChI=1S/C10H12BrNO3/c1-6(13)5-12-10(15)8-3-2-7(11)4-9(8)14/h2-4,6,13-14H,5H2,1H3,(H,12,15)/t6-/m0/s1. The Morgan fingerprint density at radius 3 is 2.80 bits per heavy atom. The highest BCUT2D eigenvalue weighted by Gasteiger charge is 2.11. The zero-order valence-electron chi connectivity index (χ0n) is 8.20. The normalized spacial score (nSPS) is 12.2. The van der Waals surface area contributed by atoms with Crippen molar-refractivity contribution in [2.24, 2.45) is 0 Å². The van der Waals surface area contributed by atoms with Crippen molar-refractivity contribution in [3.8, 4) is 5.75 Å². The van der Waals surface area contributed by atoms with Gasteiger partial charge in [0.25, 0.3) is 5.91 Å². The minimum absolute atomic E-state index is 0.0903. The summed E-state index contributed by atoms with van der Waals surface area (Å²) in [6.45, 7) is 1.73. The van der Waals surface area contributed by atoms with Gasteiger partial charge < -0.3 is 15.5 Å². The molecular formula is C10H12BrNO3. The lowest BCUT2D eigenvalue weighted by Gasteiger charge is -2.08. The first-order valence-electron chi connectivity index (χ1n) is 4.45. The van der Waals surface area contributed by atoms with Gasteiger partial charge in [0.15, 0.2) is 0 Å². The molecule has 15 heavy (non-hydrogen) atoms. The summed E-state index contributed by atoms with van der Waals surface area (Å²) in [6, 6.07) is 4.62. The number of carbonyl (C=O) groups is 1. The molecule has 0 radical (unpaired) electrons. The van der Waals surface area contributed by atoms with Gasteiger partial charge >= 0.3 is 0 Å². The van der Waals surface area contributed by atoms with Gasteiger partial charge in [0, 0.05) is 11.0 Å². The average molecular weight is 274 g/mol. The third kappa shape index (κ3) is 3.53. The zero-order chi connectivity index (χ0) is 11.4. The molecule has 0 fully saturated rings. The third-order valence-electron chi connectivity index (χ3n) is 1.76. The Morgan fingerprint density at radius 1 is 1.60 bits per heavy atom. The van der Waals surface area contributed by atoms with Gasteiger partial charge in [-0.1, -0.05) is 15.9 Å². The van der Waals surface area contributed by atoms with Crippen molar-refractivity contribution >= 4 is 21.8 Å². The lowest BCUT2D eigenvalue weighted by Crippen LogP contribution is -2.30. The number of hydrogen-bond donors (Lipinski definition) is 3. The summed E-state index contributed by atoms with van der Waals surface area (Å²) in [6.07, 6.45) is -0.605. The second kappa shape index (κ2) is 5.14. The van der Waals surface area contributed by atoms with E-state index in [-0.39, 0.29) is 17.9 Å². The molecule has 0 aromatic heterocycles. The molecule has 3 N–H and O–H groups in total. The Bertz CT molecular complexity index is 366. The van der Waals surface area contributed by atoms with E-state index in [1.165, 1.54) is 12.1 Å². The Balaban J connectivity index is 2.74. The lowest BCUT2D eigenvalue weighted by molar-refractivity contribution is 0.0921. The number of nitrogens with one attached hydrogen (secondary N) is 1. The molecule has 0 spiro atoms. The molecule has 0 bridgehead atoms. The van der Waals surface area contributed by atoms with E-state index in [0.717, 1.165) is 0 Å². The molecule has 1 amide bonds. The zero-order valence-corrected chi connectivity index (χ0v) is 9.78. The summed E-state index contributed by atoms with van der Waals surface area (Å²) in [5, 5.41) is 20.9. The van der Waals surface area contributed by atoms with E-state index in [1.54, 1.807) is 13.0 Å². The van der Waals surface area contributed by atoms with Crippen molar-refractivity contribution < 1.29 is 15.0 Å². The van der Waals surface area contributed by atoms with E-state index in [2.05, 4.69) is 21.2 Å². The Kier molecular flexibility index (Phi) is 4.11. The number of carbonyl (C=O) groups excluding carboxylic acids is 1. The van der Waals surface area contributed by atoms with Gasteiger partial charge in [-0.25, -0.2) is 0 Å². The predicted molar refractivity (Wildman–Crippen MR) is 59.8 cm³/mol. The van der Waals surface area contributed by atoms with Crippen LogP contribution in [0.15, 0.2) is 22.7 Å². The maximum absolute atomic E-state index is 11.5. The maximum Gasteiger partial charge on any atom is 0.255 e. The van der Waals surface area contributed by atoms with Crippen LogP contribution in [0.1, 0.15) is 17.3 Å². The number of rotatable bonds is 3. The van der Waals surface area contributed by atoms with E-state index in [0.29, 0.717) is 4.47 Å². The molecule has 1 aromatic carbocycles. The minimum Gasteiger partial charge on any atom is -0.507 e. The predicted octanol–water partition coefficient (Wildman–Crippen LogP) is 1.27. The minimum atomic E-state index is -0.605. The van der Waals surface area contributed by atoms with Gasteiger partial charge in [0.2, 0.25) is 0 Å². The van der Waals surface area contributed by atoms with Crippen molar-refractivity contribution in [3.63, 3.8) is 0 Å². The number of amides is 1. The molecule has 0 unspecified atom stereocenters. The molecule has 82 valence electrons. The molecule has 0 aliphatic carbocycles. The number of benzene rings is 1. The second-order valence-corrected chi connectivity index (χ2v) is 4.14. The van der Waals surface area contributed by atoms with Crippen LogP contribution in [0.4, 0.5) is 0 Å². The molecule has 1 rings (SSSR count). The smallest absolute Gasteiger partial charge is 0.255 e. The molecule has 0 aliphatic heterocycles. The summed E-state index contributed by atoms with van der Waals surface area (Å²) in [5.41, 5.74) is 0.193. The summed E-state index contributed by atoms with van der Waals surface area (Å²) in [7, 11) is 0. The SMILES string of the molecule is C[C@H](O)CNC(=O)c1ccc(Br)cc1O. The van der Waals surface area contributed by atoms with Gasteiger partial charge in [0.05, 0.1) is 11.7 Å². The number of aromatic hydroxyl groups is 1. The highest BCUT2D eigenvalue weighted by Crippen LogP contribution is 2.21. The average Bonchev–Trinajstić information content (AvgIpc) is 2.14. The Hall–Kier alpha value is -1.07. The molecule has 0 saturated heterocycles. The number of phenols is 1. The van der Waals surface area contributed by atoms with Crippen molar-refractivity contribution in [3.05, 3.63) is 28.2 Å². The van der Waals surface area contributed by atoms with E-state index in [9.17, 15) is 9.90 Å². The van der Waals surface area contributed by atoms with Crippen LogP contribution >= 0.6 is 15.9 Å². The highest BCUT2D eigenvalue weighted by atomic mass is 79.9. The molecule has 0 heterocycles. The Morgan fingerprint density at radius 2 is 2.27 bits per heavy atom. The van der Waals surface area contributed by atoms with Gasteiger partial charge in [0.1, 0.15) is 5.75 Å². The van der Waals surface area contributed by atoms with Crippen LogP contribution in [0.5, 0.6) is 5.75 Å². The van der Waals surface area contributed by atoms with Crippen molar-refractivity contribution in [1.82, 2.24) is 5.32 Å². The first-order chi connectivity index (χ1) is 7.00. The number of hydrogen-bond acceptors (Lipinski definition) is 3. The van der Waals surface area contributed by atoms with Crippen molar-refractivity contribution in [1.29, 1.82) is 0 Å². The number of aliphatic hydroxyl groups excluding tert-OH is 1. The quantitative estimate of drug-likeness (QED) is 0.777. The summed E-state index contributed by atoms with van der Waals surface area (Å²) in [4.78, 5) is 11.5. The number of aliphatic hydroxyl groups is 1. The molecule has 1 aromatic rings. The van der Waals surface area contributed by atoms with Crippen molar-refractivity contribution in [2.75, 3.05) is 6.54 Å². The van der Waals surface area contributed by atoms with Crippen molar-refractivity contribution in [2.45, 2.75) is 13.0 Å². The highest BCUT2D eigenvalue weighted by molar-refractivity contribution is 9.10. The van der Waals surface area contributed by atoms with Gasteiger partial charge in [-0.2, -0.15) is 0 Å². The molecule has 0 aliphatic rings. The fourth-order valence-electron chi connectivity index (χ4n) is 1.03. The maximum atomic E-state index is 11.5. The lowest BCUT2D eigenvalue weighted by atomic mass is 10.2. The van der Waals surface area contributed by atoms with Crippen LogP contribution in [0.2, 0.25) is 0 Å². The monoisotopic (exact) mass is 273 g/mol. The summed E-state index contributed by atoms with van der Waals surface area (Å²) >= 11 is 3.18. The largest absolute Gasteiger partial charge is 0.507 e. The summed E-state index contributed by atoms with van der Waals surface area (Å²) < 4.78 is 0.701. The Labute approximate surface area is 96.1 Å². The second-order valence-electron chi connectivity index (χ2n) is 3.22. The fourth-order valence-corrected chi connectivity index (χ4v) is 1.38. The number of phenolic OH excluding ortho intramolecular Hbond substituents is 1. The van der Waals surface area contributed by atoms with Crippen LogP contribution < -0.4 is 5.32 Å². The summed E-state index contributed by atoms with van der Waals surface area (Å²) in [5.74, 6) is -0.492. The van der Waals surface area contributed by atoms with Gasteiger partial charge in [-0.05, 0) is 25.1 Å². The molecule has 1 atom stereocenters. The van der Waals surface area contributed by atoms with E-state index in [4.69, 9.17) is 5.11 Å². The van der Waals surface area contributed by atoms with Crippen LogP contribution in [0.3, 0.4) is 0 Å². The van der Waals surface area contributed by atoms with Gasteiger partial charge in [-0.15, -0.1) is 0 Å². The fraction of sp³-hybridized carbons (Fsp3) is 0.300. The van der Waals surface area contributed by atoms with E-state index in [1.807, 2.05) is 0 Å². The van der Waals surface area contributed by atoms with E-state index < -0.39 is 12.0 Å². The molecule has 0 saturated carbocycles. The third-order valence-corrected chi connectivity index (χ3v) is 2.26.